The van der Waals surface area contributed by atoms with Gasteiger partial charge in [0.15, 0.2) is 0 Å². The first-order valence-electron chi connectivity index (χ1n) is 6.68. The molecule has 1 aromatic heterocycles. The summed E-state index contributed by atoms with van der Waals surface area (Å²) in [6.45, 7) is 0. The first kappa shape index (κ1) is 12.5. The molecule has 5 heteroatoms. The van der Waals surface area contributed by atoms with E-state index in [1.165, 1.54) is 0 Å². The molecule has 19 heavy (non-hydrogen) atoms. The van der Waals surface area contributed by atoms with Crippen LogP contribution in [0.5, 0.6) is 5.75 Å². The lowest BCUT2D eigenvalue weighted by Crippen LogP contribution is -2.21. The Bertz CT molecular complexity index is 588. The van der Waals surface area contributed by atoms with Gasteiger partial charge in [-0.15, -0.1) is 0 Å². The van der Waals surface area contributed by atoms with Gasteiger partial charge in [0.25, 0.3) is 0 Å². The van der Waals surface area contributed by atoms with Crippen LogP contribution in [0.2, 0.25) is 0 Å². The van der Waals surface area contributed by atoms with Gasteiger partial charge in [-0.3, -0.25) is 4.68 Å². The molecule has 2 radical (unpaired) electrons. The highest BCUT2D eigenvalue weighted by atomic mass is 16.5. The van der Waals surface area contributed by atoms with E-state index in [1.54, 1.807) is 7.11 Å². The molecule has 1 aliphatic rings. The Kier molecular flexibility index (Phi) is 3.23. The zero-order valence-corrected chi connectivity index (χ0v) is 11.0. The zero-order chi connectivity index (χ0) is 13.4. The van der Waals surface area contributed by atoms with Crippen molar-refractivity contribution >= 4 is 24.2 Å². The summed E-state index contributed by atoms with van der Waals surface area (Å²) in [5, 5.41) is 15.2. The number of hydrogen-bond acceptors (Lipinski definition) is 3. The van der Waals surface area contributed by atoms with Crippen LogP contribution in [-0.2, 0) is 0 Å². The van der Waals surface area contributed by atoms with Crippen molar-refractivity contribution in [3.8, 4) is 5.75 Å². The molecule has 0 atom stereocenters. The summed E-state index contributed by atoms with van der Waals surface area (Å²) in [5.41, 5.74) is 1.53. The van der Waals surface area contributed by atoms with Gasteiger partial charge in [-0.25, -0.2) is 0 Å². The summed E-state index contributed by atoms with van der Waals surface area (Å²) in [4.78, 5) is 0. The third-order valence-corrected chi connectivity index (χ3v) is 3.91. The van der Waals surface area contributed by atoms with Crippen molar-refractivity contribution in [3.05, 3.63) is 18.3 Å². The van der Waals surface area contributed by atoms with Gasteiger partial charge in [-0.2, -0.15) is 5.10 Å². The average Bonchev–Trinajstić information content (AvgIpc) is 2.81. The summed E-state index contributed by atoms with van der Waals surface area (Å²) >= 11 is 0. The molecule has 3 rings (SSSR count). The maximum absolute atomic E-state index is 9.56. The Hall–Kier alpha value is -1.49. The second-order valence-corrected chi connectivity index (χ2v) is 5.22. The lowest BCUT2D eigenvalue weighted by atomic mass is 9.93. The van der Waals surface area contributed by atoms with Crippen molar-refractivity contribution in [2.45, 2.75) is 37.8 Å². The molecule has 1 aromatic carbocycles. The number of hydrogen-bond donors (Lipinski definition) is 1. The number of rotatable bonds is 2. The second-order valence-electron chi connectivity index (χ2n) is 5.22. The number of methoxy groups -OCH3 is 1. The summed E-state index contributed by atoms with van der Waals surface area (Å²) < 4.78 is 7.22. The Balaban J connectivity index is 1.93. The van der Waals surface area contributed by atoms with Crippen LogP contribution in [0.3, 0.4) is 0 Å². The van der Waals surface area contributed by atoms with Gasteiger partial charge in [0.05, 0.1) is 24.8 Å². The van der Waals surface area contributed by atoms with Gasteiger partial charge in [-0.05, 0) is 25.7 Å². The van der Waals surface area contributed by atoms with Crippen LogP contribution in [-0.4, -0.2) is 35.9 Å². The molecule has 0 bridgehead atoms. The van der Waals surface area contributed by atoms with Gasteiger partial charge in [0.1, 0.15) is 13.6 Å². The fraction of sp³-hybridized carbons (Fsp3) is 0.500. The van der Waals surface area contributed by atoms with E-state index in [9.17, 15) is 5.11 Å². The topological polar surface area (TPSA) is 47.3 Å². The van der Waals surface area contributed by atoms with E-state index in [4.69, 9.17) is 12.6 Å². The number of aromatic nitrogens is 2. The van der Waals surface area contributed by atoms with Crippen LogP contribution in [0.1, 0.15) is 31.7 Å². The van der Waals surface area contributed by atoms with Gasteiger partial charge in [0.2, 0.25) is 0 Å². The van der Waals surface area contributed by atoms with E-state index in [-0.39, 0.29) is 6.10 Å². The molecule has 1 heterocycles. The van der Waals surface area contributed by atoms with Gasteiger partial charge < -0.3 is 9.84 Å². The molecule has 1 aliphatic carbocycles. The van der Waals surface area contributed by atoms with E-state index >= 15 is 0 Å². The Labute approximate surface area is 113 Å². The van der Waals surface area contributed by atoms with Crippen molar-refractivity contribution < 1.29 is 9.84 Å². The molecular formula is C14H17BN2O2. The number of fused-ring (bicyclic) bond motifs is 1. The van der Waals surface area contributed by atoms with Crippen LogP contribution in [0.25, 0.3) is 10.9 Å². The lowest BCUT2D eigenvalue weighted by Gasteiger charge is -2.25. The van der Waals surface area contributed by atoms with E-state index in [0.29, 0.717) is 17.3 Å². The molecule has 0 spiro atoms. The van der Waals surface area contributed by atoms with Crippen LogP contribution in [0.15, 0.2) is 18.3 Å². The molecule has 0 amide bonds. The number of aliphatic hydroxyl groups is 1. The first-order valence-corrected chi connectivity index (χ1v) is 6.68. The van der Waals surface area contributed by atoms with E-state index in [2.05, 4.69) is 5.10 Å². The zero-order valence-electron chi connectivity index (χ0n) is 11.0. The highest BCUT2D eigenvalue weighted by molar-refractivity contribution is 6.35. The Morgan fingerprint density at radius 1 is 1.32 bits per heavy atom. The molecule has 1 N–H and O–H groups in total. The van der Waals surface area contributed by atoms with Gasteiger partial charge in [-0.1, -0.05) is 11.5 Å². The fourth-order valence-corrected chi connectivity index (χ4v) is 2.78. The molecule has 2 aromatic rings. The lowest BCUT2D eigenvalue weighted by molar-refractivity contribution is 0.108. The number of ether oxygens (including phenoxy) is 1. The maximum atomic E-state index is 9.56. The molecule has 1 saturated carbocycles. The second kappa shape index (κ2) is 4.89. The molecular weight excluding hydrogens is 239 g/mol. The minimum atomic E-state index is -0.142. The number of benzene rings is 1. The fourth-order valence-electron chi connectivity index (χ4n) is 2.78. The summed E-state index contributed by atoms with van der Waals surface area (Å²) in [5.74, 6) is 0.664. The molecule has 0 saturated heterocycles. The standard InChI is InChI=1S/C14H17BN2O2/c1-19-14-7-13-9(6-12(14)15)8-17(16-13)10-2-4-11(18)5-3-10/h6-8,10-11,18H,2-5H2,1H3. The normalized spacial score (nSPS) is 23.7. The third kappa shape index (κ3) is 2.35. The molecule has 0 unspecified atom stereocenters. The van der Waals surface area contributed by atoms with E-state index < -0.39 is 0 Å². The van der Waals surface area contributed by atoms with Gasteiger partial charge >= 0.3 is 0 Å². The van der Waals surface area contributed by atoms with Crippen molar-refractivity contribution in [1.29, 1.82) is 0 Å². The Morgan fingerprint density at radius 3 is 2.74 bits per heavy atom. The van der Waals surface area contributed by atoms with Crippen LogP contribution < -0.4 is 10.2 Å². The summed E-state index contributed by atoms with van der Waals surface area (Å²) in [6.07, 6.45) is 5.55. The monoisotopic (exact) mass is 256 g/mol. The predicted octanol–water partition coefficient (Wildman–Crippen LogP) is 1.31. The number of nitrogens with zero attached hydrogens (tertiary/aromatic N) is 2. The van der Waals surface area contributed by atoms with Crippen LogP contribution in [0, 0.1) is 0 Å². The van der Waals surface area contributed by atoms with E-state index in [1.807, 2.05) is 23.0 Å². The third-order valence-electron chi connectivity index (χ3n) is 3.91. The summed E-state index contributed by atoms with van der Waals surface area (Å²) in [6, 6.07) is 4.15. The average molecular weight is 256 g/mol. The molecule has 98 valence electrons. The molecule has 1 fully saturated rings. The molecule has 4 nitrogen and oxygen atoms in total. The van der Waals surface area contributed by atoms with Crippen molar-refractivity contribution in [2.24, 2.45) is 0 Å². The smallest absolute Gasteiger partial charge is 0.119 e. The minimum Gasteiger partial charge on any atom is -0.497 e. The molecule has 0 aliphatic heterocycles. The van der Waals surface area contributed by atoms with Crippen LogP contribution >= 0.6 is 0 Å². The minimum absolute atomic E-state index is 0.142. The quantitative estimate of drug-likeness (QED) is 0.824. The highest BCUT2D eigenvalue weighted by Crippen LogP contribution is 2.29. The summed E-state index contributed by atoms with van der Waals surface area (Å²) in [7, 11) is 7.52. The SMILES string of the molecule is [B]c1cc2cn(C3CCC(O)CC3)nc2cc1OC. The van der Waals surface area contributed by atoms with Crippen molar-refractivity contribution in [2.75, 3.05) is 7.11 Å². The van der Waals surface area contributed by atoms with Gasteiger partial charge in [0, 0.05) is 17.6 Å². The number of aliphatic hydroxyl groups excluding tert-OH is 1. The predicted molar refractivity (Wildman–Crippen MR) is 75.2 cm³/mol. The van der Waals surface area contributed by atoms with Crippen molar-refractivity contribution in [3.63, 3.8) is 0 Å². The first-order chi connectivity index (χ1) is 9.17. The van der Waals surface area contributed by atoms with E-state index in [0.717, 1.165) is 36.6 Å². The maximum Gasteiger partial charge on any atom is 0.119 e. The largest absolute Gasteiger partial charge is 0.497 e. The van der Waals surface area contributed by atoms with Crippen LogP contribution in [0.4, 0.5) is 0 Å². The van der Waals surface area contributed by atoms with Crippen molar-refractivity contribution in [1.82, 2.24) is 9.78 Å². The highest BCUT2D eigenvalue weighted by Gasteiger charge is 2.21. The Morgan fingerprint density at radius 2 is 2.05 bits per heavy atom.